The fraction of sp³-hybridized carbons (Fsp3) is 0.583. The molecule has 0 bridgehead atoms. The summed E-state index contributed by atoms with van der Waals surface area (Å²) in [6.07, 6.45) is 4.23. The standard InChI is InChI=1S/C12H17N3O4/c1-2-4-19-10-7-13-6-9(14-10)15-12(11(16)17)3-5-18-8-12/h6-7H,2-5,8H2,1H3,(H,14,15)(H,16,17). The van der Waals surface area contributed by atoms with Gasteiger partial charge in [-0.05, 0) is 6.42 Å². The smallest absolute Gasteiger partial charge is 0.331 e. The summed E-state index contributed by atoms with van der Waals surface area (Å²) in [6, 6.07) is 0. The highest BCUT2D eigenvalue weighted by atomic mass is 16.5. The zero-order valence-electron chi connectivity index (χ0n) is 10.8. The summed E-state index contributed by atoms with van der Waals surface area (Å²) >= 11 is 0. The number of anilines is 1. The maximum Gasteiger partial charge on any atom is 0.331 e. The Hall–Kier alpha value is -1.89. The van der Waals surface area contributed by atoms with Gasteiger partial charge in [-0.2, -0.15) is 4.98 Å². The first-order valence-corrected chi connectivity index (χ1v) is 6.20. The molecule has 0 aromatic carbocycles. The van der Waals surface area contributed by atoms with Crippen molar-refractivity contribution in [2.75, 3.05) is 25.1 Å². The topological polar surface area (TPSA) is 93.6 Å². The van der Waals surface area contributed by atoms with Crippen molar-refractivity contribution in [3.8, 4) is 5.88 Å². The number of rotatable bonds is 6. The summed E-state index contributed by atoms with van der Waals surface area (Å²) < 4.78 is 10.5. The van der Waals surface area contributed by atoms with Crippen LogP contribution in [0, 0.1) is 0 Å². The molecule has 0 amide bonds. The molecule has 1 unspecified atom stereocenters. The minimum absolute atomic E-state index is 0.115. The lowest BCUT2D eigenvalue weighted by molar-refractivity contribution is -0.142. The Morgan fingerprint density at radius 2 is 2.47 bits per heavy atom. The van der Waals surface area contributed by atoms with Gasteiger partial charge in [0, 0.05) is 13.0 Å². The van der Waals surface area contributed by atoms with E-state index in [4.69, 9.17) is 9.47 Å². The Kier molecular flexibility index (Phi) is 4.16. The quantitative estimate of drug-likeness (QED) is 0.791. The number of hydrogen-bond acceptors (Lipinski definition) is 6. The van der Waals surface area contributed by atoms with Crippen LogP contribution in [-0.4, -0.2) is 46.4 Å². The lowest BCUT2D eigenvalue weighted by atomic mass is 9.99. The van der Waals surface area contributed by atoms with Crippen LogP contribution in [0.15, 0.2) is 12.4 Å². The van der Waals surface area contributed by atoms with Gasteiger partial charge in [0.2, 0.25) is 5.88 Å². The second kappa shape index (κ2) is 5.83. The molecule has 1 atom stereocenters. The number of carboxylic acid groups (broad SMARTS) is 1. The zero-order chi connectivity index (χ0) is 13.7. The Bertz CT molecular complexity index is 446. The molecular formula is C12H17N3O4. The molecule has 104 valence electrons. The second-order valence-electron chi connectivity index (χ2n) is 4.41. The Morgan fingerprint density at radius 3 is 3.11 bits per heavy atom. The molecule has 0 spiro atoms. The normalized spacial score (nSPS) is 22.2. The van der Waals surface area contributed by atoms with Crippen LogP contribution < -0.4 is 10.1 Å². The van der Waals surface area contributed by atoms with Crippen LogP contribution in [-0.2, 0) is 9.53 Å². The average Bonchev–Trinajstić information content (AvgIpc) is 2.87. The Balaban J connectivity index is 2.11. The molecule has 0 radical (unpaired) electrons. The number of hydrogen-bond donors (Lipinski definition) is 2. The number of aliphatic carboxylic acids is 1. The molecule has 1 aliphatic heterocycles. The van der Waals surface area contributed by atoms with Gasteiger partial charge in [-0.1, -0.05) is 6.92 Å². The SMILES string of the molecule is CCCOc1cncc(NC2(C(=O)O)CCOC2)n1. The summed E-state index contributed by atoms with van der Waals surface area (Å²) in [5.41, 5.74) is -1.13. The second-order valence-corrected chi connectivity index (χ2v) is 4.41. The molecule has 1 fully saturated rings. The molecule has 2 N–H and O–H groups in total. The van der Waals surface area contributed by atoms with E-state index in [0.29, 0.717) is 31.3 Å². The Labute approximate surface area is 111 Å². The van der Waals surface area contributed by atoms with Gasteiger partial charge in [0.1, 0.15) is 5.82 Å². The van der Waals surface area contributed by atoms with Gasteiger partial charge in [-0.25, -0.2) is 4.79 Å². The largest absolute Gasteiger partial charge is 0.479 e. The van der Waals surface area contributed by atoms with Crippen molar-refractivity contribution in [3.63, 3.8) is 0 Å². The Morgan fingerprint density at radius 1 is 1.63 bits per heavy atom. The highest BCUT2D eigenvalue weighted by Crippen LogP contribution is 2.24. The number of carbonyl (C=O) groups is 1. The molecule has 2 rings (SSSR count). The number of ether oxygens (including phenoxy) is 2. The lowest BCUT2D eigenvalue weighted by Gasteiger charge is -2.24. The van der Waals surface area contributed by atoms with Crippen molar-refractivity contribution < 1.29 is 19.4 Å². The van der Waals surface area contributed by atoms with E-state index in [-0.39, 0.29) is 6.61 Å². The van der Waals surface area contributed by atoms with Crippen molar-refractivity contribution in [3.05, 3.63) is 12.4 Å². The van der Waals surface area contributed by atoms with Crippen molar-refractivity contribution in [1.29, 1.82) is 0 Å². The summed E-state index contributed by atoms with van der Waals surface area (Å²) in [5, 5.41) is 12.2. The summed E-state index contributed by atoms with van der Waals surface area (Å²) in [4.78, 5) is 19.5. The van der Waals surface area contributed by atoms with E-state index < -0.39 is 11.5 Å². The first kappa shape index (κ1) is 13.5. The molecule has 7 nitrogen and oxygen atoms in total. The molecule has 1 saturated heterocycles. The molecule has 2 heterocycles. The molecule has 0 aliphatic carbocycles. The third kappa shape index (κ3) is 3.11. The molecule has 0 saturated carbocycles. The highest BCUT2D eigenvalue weighted by molar-refractivity contribution is 5.83. The summed E-state index contributed by atoms with van der Waals surface area (Å²) in [7, 11) is 0. The molecule has 1 aliphatic rings. The predicted molar refractivity (Wildman–Crippen MR) is 67.2 cm³/mol. The fourth-order valence-corrected chi connectivity index (χ4v) is 1.82. The fourth-order valence-electron chi connectivity index (χ4n) is 1.82. The van der Waals surface area contributed by atoms with Crippen LogP contribution in [0.3, 0.4) is 0 Å². The van der Waals surface area contributed by atoms with Gasteiger partial charge in [0.05, 0.1) is 25.6 Å². The number of carboxylic acids is 1. The van der Waals surface area contributed by atoms with Crippen LogP contribution in [0.25, 0.3) is 0 Å². The number of aromatic nitrogens is 2. The molecule has 1 aromatic heterocycles. The third-order valence-corrected chi connectivity index (χ3v) is 2.86. The van der Waals surface area contributed by atoms with Gasteiger partial charge in [0.15, 0.2) is 5.54 Å². The minimum Gasteiger partial charge on any atom is -0.479 e. The van der Waals surface area contributed by atoms with Crippen LogP contribution in [0.1, 0.15) is 19.8 Å². The molecular weight excluding hydrogens is 250 g/mol. The van der Waals surface area contributed by atoms with Crippen LogP contribution in [0.5, 0.6) is 5.88 Å². The van der Waals surface area contributed by atoms with Crippen molar-refractivity contribution in [1.82, 2.24) is 9.97 Å². The first-order valence-electron chi connectivity index (χ1n) is 6.20. The van der Waals surface area contributed by atoms with E-state index in [2.05, 4.69) is 15.3 Å². The van der Waals surface area contributed by atoms with E-state index in [9.17, 15) is 9.90 Å². The summed E-state index contributed by atoms with van der Waals surface area (Å²) in [6.45, 7) is 3.07. The van der Waals surface area contributed by atoms with E-state index in [1.54, 1.807) is 0 Å². The number of nitrogens with one attached hydrogen (secondary N) is 1. The van der Waals surface area contributed by atoms with Gasteiger partial charge in [-0.15, -0.1) is 0 Å². The van der Waals surface area contributed by atoms with E-state index >= 15 is 0 Å². The number of nitrogens with zero attached hydrogens (tertiary/aromatic N) is 2. The molecule has 19 heavy (non-hydrogen) atoms. The van der Waals surface area contributed by atoms with Gasteiger partial charge >= 0.3 is 5.97 Å². The molecule has 7 heteroatoms. The van der Waals surface area contributed by atoms with Crippen LogP contribution >= 0.6 is 0 Å². The van der Waals surface area contributed by atoms with E-state index in [0.717, 1.165) is 6.42 Å². The van der Waals surface area contributed by atoms with E-state index in [1.807, 2.05) is 6.92 Å². The third-order valence-electron chi connectivity index (χ3n) is 2.86. The van der Waals surface area contributed by atoms with Crippen molar-refractivity contribution in [2.24, 2.45) is 0 Å². The minimum atomic E-state index is -1.13. The molecule has 1 aromatic rings. The van der Waals surface area contributed by atoms with Gasteiger partial charge in [-0.3, -0.25) is 4.98 Å². The highest BCUT2D eigenvalue weighted by Gasteiger charge is 2.43. The first-order chi connectivity index (χ1) is 9.16. The average molecular weight is 267 g/mol. The zero-order valence-corrected chi connectivity index (χ0v) is 10.8. The maximum atomic E-state index is 11.4. The van der Waals surface area contributed by atoms with Gasteiger partial charge in [0.25, 0.3) is 0 Å². The van der Waals surface area contributed by atoms with Crippen LogP contribution in [0.2, 0.25) is 0 Å². The summed E-state index contributed by atoms with van der Waals surface area (Å²) in [5.74, 6) is -0.195. The van der Waals surface area contributed by atoms with Crippen LogP contribution in [0.4, 0.5) is 5.82 Å². The van der Waals surface area contributed by atoms with Crippen molar-refractivity contribution in [2.45, 2.75) is 25.3 Å². The lowest BCUT2D eigenvalue weighted by Crippen LogP contribution is -2.47. The van der Waals surface area contributed by atoms with Crippen molar-refractivity contribution >= 4 is 11.8 Å². The van der Waals surface area contributed by atoms with E-state index in [1.165, 1.54) is 12.4 Å². The monoisotopic (exact) mass is 267 g/mol. The predicted octanol–water partition coefficient (Wildman–Crippen LogP) is 0.921. The van der Waals surface area contributed by atoms with Gasteiger partial charge < -0.3 is 19.9 Å². The maximum absolute atomic E-state index is 11.4.